The second kappa shape index (κ2) is 9.83. The molecule has 4 nitrogen and oxygen atoms in total. The minimum atomic E-state index is -0.729. The first kappa shape index (κ1) is 21.2. The molecule has 1 unspecified atom stereocenters. The number of amides is 2. The molecule has 3 rings (SSSR count). The lowest BCUT2D eigenvalue weighted by atomic mass is 10.0. The number of anilines is 1. The zero-order valence-electron chi connectivity index (χ0n) is 17.1. The minimum Gasteiger partial charge on any atom is -0.340 e. The lowest BCUT2D eigenvalue weighted by Crippen LogP contribution is -2.47. The number of halogens is 1. The van der Waals surface area contributed by atoms with E-state index >= 15 is 0 Å². The first-order valence-corrected chi connectivity index (χ1v) is 9.93. The fraction of sp³-hybridized carbons (Fsp3) is 0.200. The van der Waals surface area contributed by atoms with E-state index in [4.69, 9.17) is 0 Å². The van der Waals surface area contributed by atoms with Crippen molar-refractivity contribution in [1.82, 2.24) is 5.32 Å². The normalized spacial score (nSPS) is 11.7. The van der Waals surface area contributed by atoms with Gasteiger partial charge in [0.2, 0.25) is 5.91 Å². The molecule has 2 amide bonds. The molecule has 154 valence electrons. The van der Waals surface area contributed by atoms with Crippen LogP contribution in [-0.4, -0.2) is 17.9 Å². The standard InChI is InChI=1S/C25H25FN2O2/c1-17(2)23(28-24(29)19-12-14-21(26)15-13-19)25(30)27-22-11-7-6-10-20(22)16-18-8-4-3-5-9-18/h3-15,17,23H,16H2,1-2H3,(H,27,30)(H,28,29). The van der Waals surface area contributed by atoms with Gasteiger partial charge in [-0.2, -0.15) is 0 Å². The molecule has 0 heterocycles. The molecule has 0 aliphatic carbocycles. The number of nitrogens with one attached hydrogen (secondary N) is 2. The zero-order chi connectivity index (χ0) is 21.5. The van der Waals surface area contributed by atoms with E-state index in [2.05, 4.69) is 10.6 Å². The van der Waals surface area contributed by atoms with Gasteiger partial charge in [0, 0.05) is 11.3 Å². The number of para-hydroxylation sites is 1. The van der Waals surface area contributed by atoms with Crippen molar-refractivity contribution < 1.29 is 14.0 Å². The topological polar surface area (TPSA) is 58.2 Å². The van der Waals surface area contributed by atoms with Crippen molar-refractivity contribution >= 4 is 17.5 Å². The summed E-state index contributed by atoms with van der Waals surface area (Å²) >= 11 is 0. The van der Waals surface area contributed by atoms with Gasteiger partial charge in [-0.1, -0.05) is 62.4 Å². The van der Waals surface area contributed by atoms with Gasteiger partial charge in [0.25, 0.3) is 5.91 Å². The molecule has 5 heteroatoms. The summed E-state index contributed by atoms with van der Waals surface area (Å²) in [5, 5.41) is 5.73. The lowest BCUT2D eigenvalue weighted by Gasteiger charge is -2.22. The van der Waals surface area contributed by atoms with Gasteiger partial charge in [-0.05, 0) is 53.8 Å². The van der Waals surface area contributed by atoms with E-state index in [0.29, 0.717) is 17.7 Å². The Morgan fingerprint density at radius 2 is 1.50 bits per heavy atom. The molecular weight excluding hydrogens is 379 g/mol. The Morgan fingerprint density at radius 1 is 0.867 bits per heavy atom. The highest BCUT2D eigenvalue weighted by Gasteiger charge is 2.25. The van der Waals surface area contributed by atoms with Crippen molar-refractivity contribution in [3.05, 3.63) is 101 Å². The van der Waals surface area contributed by atoms with Gasteiger partial charge in [0.1, 0.15) is 11.9 Å². The highest BCUT2D eigenvalue weighted by Crippen LogP contribution is 2.20. The Bertz CT molecular complexity index is 1000. The summed E-state index contributed by atoms with van der Waals surface area (Å²) < 4.78 is 13.1. The van der Waals surface area contributed by atoms with Crippen molar-refractivity contribution in [3.63, 3.8) is 0 Å². The van der Waals surface area contributed by atoms with E-state index in [9.17, 15) is 14.0 Å². The third-order valence-corrected chi connectivity index (χ3v) is 4.85. The van der Waals surface area contributed by atoms with E-state index in [-0.39, 0.29) is 11.8 Å². The summed E-state index contributed by atoms with van der Waals surface area (Å²) in [6.45, 7) is 3.73. The molecule has 3 aromatic carbocycles. The molecule has 30 heavy (non-hydrogen) atoms. The van der Waals surface area contributed by atoms with Gasteiger partial charge in [-0.25, -0.2) is 4.39 Å². The van der Waals surface area contributed by atoms with Gasteiger partial charge < -0.3 is 10.6 Å². The monoisotopic (exact) mass is 404 g/mol. The average molecular weight is 404 g/mol. The van der Waals surface area contributed by atoms with E-state index in [1.54, 1.807) is 0 Å². The van der Waals surface area contributed by atoms with Crippen LogP contribution in [0.15, 0.2) is 78.9 Å². The molecule has 0 fully saturated rings. The highest BCUT2D eigenvalue weighted by atomic mass is 19.1. The SMILES string of the molecule is CC(C)C(NC(=O)c1ccc(F)cc1)C(=O)Nc1ccccc1Cc1ccccc1. The average Bonchev–Trinajstić information content (AvgIpc) is 2.74. The summed E-state index contributed by atoms with van der Waals surface area (Å²) in [7, 11) is 0. The van der Waals surface area contributed by atoms with Crippen LogP contribution in [0, 0.1) is 11.7 Å². The second-order valence-corrected chi connectivity index (χ2v) is 7.51. The first-order valence-electron chi connectivity index (χ1n) is 9.93. The minimum absolute atomic E-state index is 0.129. The summed E-state index contributed by atoms with van der Waals surface area (Å²) in [5.41, 5.74) is 3.15. The number of benzene rings is 3. The summed E-state index contributed by atoms with van der Waals surface area (Å²) in [5.74, 6) is -1.25. The lowest BCUT2D eigenvalue weighted by molar-refractivity contribution is -0.118. The Morgan fingerprint density at radius 3 is 2.17 bits per heavy atom. The van der Waals surface area contributed by atoms with Crippen LogP contribution >= 0.6 is 0 Å². The molecule has 0 radical (unpaired) electrons. The molecule has 0 aliphatic heterocycles. The van der Waals surface area contributed by atoms with Crippen LogP contribution in [-0.2, 0) is 11.2 Å². The molecule has 0 aliphatic rings. The quantitative estimate of drug-likeness (QED) is 0.594. The van der Waals surface area contributed by atoms with Crippen LogP contribution in [0.2, 0.25) is 0 Å². The van der Waals surface area contributed by atoms with E-state index in [1.807, 2.05) is 68.4 Å². The molecular formula is C25H25FN2O2. The molecule has 0 saturated heterocycles. The summed E-state index contributed by atoms with van der Waals surface area (Å²) in [4.78, 5) is 25.5. The van der Waals surface area contributed by atoms with Crippen LogP contribution in [0.4, 0.5) is 10.1 Å². The molecule has 3 aromatic rings. The van der Waals surface area contributed by atoms with Gasteiger partial charge in [-0.3, -0.25) is 9.59 Å². The number of carbonyl (C=O) groups excluding carboxylic acids is 2. The third kappa shape index (κ3) is 5.54. The molecule has 0 bridgehead atoms. The predicted molar refractivity (Wildman–Crippen MR) is 117 cm³/mol. The number of carbonyl (C=O) groups is 2. The van der Waals surface area contributed by atoms with Gasteiger partial charge in [0.05, 0.1) is 0 Å². The number of hydrogen-bond donors (Lipinski definition) is 2. The van der Waals surface area contributed by atoms with Crippen LogP contribution in [0.25, 0.3) is 0 Å². The Labute approximate surface area is 176 Å². The van der Waals surface area contributed by atoms with Crippen LogP contribution < -0.4 is 10.6 Å². The second-order valence-electron chi connectivity index (χ2n) is 7.51. The van der Waals surface area contributed by atoms with Crippen molar-refractivity contribution in [2.75, 3.05) is 5.32 Å². The Balaban J connectivity index is 1.74. The predicted octanol–water partition coefficient (Wildman–Crippen LogP) is 4.81. The molecule has 0 spiro atoms. The first-order chi connectivity index (χ1) is 14.4. The van der Waals surface area contributed by atoms with Gasteiger partial charge in [-0.15, -0.1) is 0 Å². The van der Waals surface area contributed by atoms with Crippen LogP contribution in [0.3, 0.4) is 0 Å². The van der Waals surface area contributed by atoms with Crippen molar-refractivity contribution in [2.24, 2.45) is 5.92 Å². The van der Waals surface area contributed by atoms with E-state index < -0.39 is 17.8 Å². The Hall–Kier alpha value is -3.47. The smallest absolute Gasteiger partial charge is 0.251 e. The maximum atomic E-state index is 13.1. The fourth-order valence-electron chi connectivity index (χ4n) is 3.18. The van der Waals surface area contributed by atoms with Crippen molar-refractivity contribution in [2.45, 2.75) is 26.3 Å². The summed E-state index contributed by atoms with van der Waals surface area (Å²) in [6, 6.07) is 22.2. The molecule has 1 atom stereocenters. The maximum Gasteiger partial charge on any atom is 0.251 e. The zero-order valence-corrected chi connectivity index (χ0v) is 17.1. The Kier molecular flexibility index (Phi) is 6.96. The molecule has 2 N–H and O–H groups in total. The largest absolute Gasteiger partial charge is 0.340 e. The van der Waals surface area contributed by atoms with E-state index in [1.165, 1.54) is 24.3 Å². The highest BCUT2D eigenvalue weighted by molar-refractivity contribution is 6.01. The van der Waals surface area contributed by atoms with Crippen LogP contribution in [0.5, 0.6) is 0 Å². The fourth-order valence-corrected chi connectivity index (χ4v) is 3.18. The summed E-state index contributed by atoms with van der Waals surface area (Å²) in [6.07, 6.45) is 0.686. The van der Waals surface area contributed by atoms with Crippen molar-refractivity contribution in [3.8, 4) is 0 Å². The number of rotatable bonds is 7. The molecule has 0 saturated carbocycles. The number of hydrogen-bond acceptors (Lipinski definition) is 2. The third-order valence-electron chi connectivity index (χ3n) is 4.85. The van der Waals surface area contributed by atoms with Crippen LogP contribution in [0.1, 0.15) is 35.3 Å². The molecule has 0 aromatic heterocycles. The van der Waals surface area contributed by atoms with Gasteiger partial charge >= 0.3 is 0 Å². The van der Waals surface area contributed by atoms with Gasteiger partial charge in [0.15, 0.2) is 0 Å². The van der Waals surface area contributed by atoms with E-state index in [0.717, 1.165) is 11.1 Å². The maximum absolute atomic E-state index is 13.1. The van der Waals surface area contributed by atoms with Crippen molar-refractivity contribution in [1.29, 1.82) is 0 Å².